The van der Waals surface area contributed by atoms with E-state index >= 15 is 0 Å². The van der Waals surface area contributed by atoms with Crippen LogP contribution in [0.5, 0.6) is 0 Å². The van der Waals surface area contributed by atoms with E-state index in [4.69, 9.17) is 0 Å². The van der Waals surface area contributed by atoms with Crippen molar-refractivity contribution in [2.24, 2.45) is 0 Å². The minimum Gasteiger partial charge on any atom is -0.365 e. The summed E-state index contributed by atoms with van der Waals surface area (Å²) in [7, 11) is 1.80. The van der Waals surface area contributed by atoms with Crippen LogP contribution < -0.4 is 10.2 Å². The summed E-state index contributed by atoms with van der Waals surface area (Å²) in [5.41, 5.74) is 2.71. The highest BCUT2D eigenvalue weighted by Gasteiger charge is 2.28. The third-order valence-corrected chi connectivity index (χ3v) is 5.25. The molecule has 2 aromatic heterocycles. The van der Waals surface area contributed by atoms with Gasteiger partial charge in [-0.05, 0) is 23.6 Å². The van der Waals surface area contributed by atoms with Crippen LogP contribution in [0.15, 0.2) is 54.2 Å². The molecule has 0 atom stereocenters. The number of nitrogens with one attached hydrogen (secondary N) is 1. The van der Waals surface area contributed by atoms with E-state index in [1.165, 1.54) is 4.88 Å². The molecule has 6 nitrogen and oxygen atoms in total. The highest BCUT2D eigenvalue weighted by Crippen LogP contribution is 2.27. The number of hydrogen-bond acceptors (Lipinski definition) is 5. The fourth-order valence-corrected chi connectivity index (χ4v) is 3.67. The first-order valence-corrected chi connectivity index (χ1v) is 9.27. The number of fused-ring (bicyclic) bond motifs is 1. The molecule has 0 unspecified atom stereocenters. The molecule has 0 spiro atoms. The van der Waals surface area contributed by atoms with Crippen molar-refractivity contribution in [1.29, 1.82) is 0 Å². The van der Waals surface area contributed by atoms with Crippen molar-refractivity contribution in [2.45, 2.75) is 19.6 Å². The van der Waals surface area contributed by atoms with Crippen molar-refractivity contribution in [3.8, 4) is 0 Å². The van der Waals surface area contributed by atoms with Gasteiger partial charge in [-0.1, -0.05) is 24.3 Å². The number of carbonyl (C=O) groups is 1. The maximum absolute atomic E-state index is 12.9. The molecule has 1 aliphatic heterocycles. The van der Waals surface area contributed by atoms with Gasteiger partial charge < -0.3 is 10.2 Å². The summed E-state index contributed by atoms with van der Waals surface area (Å²) in [6.45, 7) is 1.61. The summed E-state index contributed by atoms with van der Waals surface area (Å²) in [5, 5.41) is 5.47. The SMILES string of the molecule is CN1Cc2ncnc(NCc3cccs3)c2CN(c2ccccc2)C1=O. The average molecular weight is 365 g/mol. The van der Waals surface area contributed by atoms with E-state index < -0.39 is 0 Å². The number of anilines is 2. The van der Waals surface area contributed by atoms with Gasteiger partial charge in [0.15, 0.2) is 0 Å². The first kappa shape index (κ1) is 16.5. The minimum atomic E-state index is -0.0431. The Labute approximate surface area is 156 Å². The summed E-state index contributed by atoms with van der Waals surface area (Å²) in [6, 6.07) is 13.8. The molecule has 132 valence electrons. The zero-order valence-corrected chi connectivity index (χ0v) is 15.2. The molecule has 3 heterocycles. The van der Waals surface area contributed by atoms with Gasteiger partial charge >= 0.3 is 6.03 Å². The molecule has 7 heteroatoms. The number of para-hydroxylation sites is 1. The van der Waals surface area contributed by atoms with E-state index in [0.29, 0.717) is 19.6 Å². The predicted molar refractivity (Wildman–Crippen MR) is 103 cm³/mol. The van der Waals surface area contributed by atoms with Gasteiger partial charge in [0.05, 0.1) is 25.3 Å². The van der Waals surface area contributed by atoms with Crippen LogP contribution in [0.3, 0.4) is 0 Å². The first-order valence-electron chi connectivity index (χ1n) is 8.39. The van der Waals surface area contributed by atoms with Gasteiger partial charge in [0.25, 0.3) is 0 Å². The molecule has 0 aliphatic carbocycles. The molecular weight excluding hydrogens is 346 g/mol. The fourth-order valence-electron chi connectivity index (χ4n) is 3.02. The van der Waals surface area contributed by atoms with Crippen molar-refractivity contribution >= 4 is 28.9 Å². The molecule has 0 saturated carbocycles. The topological polar surface area (TPSA) is 61.4 Å². The summed E-state index contributed by atoms with van der Waals surface area (Å²) < 4.78 is 0. The lowest BCUT2D eigenvalue weighted by molar-refractivity contribution is 0.214. The number of carbonyl (C=O) groups excluding carboxylic acids is 1. The Morgan fingerprint density at radius 3 is 2.73 bits per heavy atom. The van der Waals surface area contributed by atoms with Gasteiger partial charge in [0.2, 0.25) is 0 Å². The number of aromatic nitrogens is 2. The van der Waals surface area contributed by atoms with Crippen LogP contribution in [0.2, 0.25) is 0 Å². The van der Waals surface area contributed by atoms with E-state index in [0.717, 1.165) is 22.8 Å². The molecule has 0 radical (unpaired) electrons. The number of benzene rings is 1. The molecule has 0 bridgehead atoms. The van der Waals surface area contributed by atoms with E-state index in [-0.39, 0.29) is 6.03 Å². The summed E-state index contributed by atoms with van der Waals surface area (Å²) in [4.78, 5) is 26.4. The highest BCUT2D eigenvalue weighted by molar-refractivity contribution is 7.09. The van der Waals surface area contributed by atoms with Gasteiger partial charge in [-0.15, -0.1) is 11.3 Å². The fraction of sp³-hybridized carbons (Fsp3) is 0.211. The van der Waals surface area contributed by atoms with Crippen LogP contribution in [-0.2, 0) is 19.6 Å². The Morgan fingerprint density at radius 2 is 1.96 bits per heavy atom. The monoisotopic (exact) mass is 365 g/mol. The van der Waals surface area contributed by atoms with E-state index in [2.05, 4.69) is 26.7 Å². The van der Waals surface area contributed by atoms with E-state index in [9.17, 15) is 4.79 Å². The standard InChI is InChI=1S/C19H19N5OS/c1-23-12-17-16(11-24(19(23)25)14-6-3-2-4-7-14)18(22-13-21-17)20-10-15-8-5-9-26-15/h2-9,13H,10-12H2,1H3,(H,20,21,22). The second-order valence-corrected chi connectivity index (χ2v) is 7.17. The number of hydrogen-bond donors (Lipinski definition) is 1. The number of urea groups is 1. The Bertz CT molecular complexity index is 898. The number of thiophene rings is 1. The summed E-state index contributed by atoms with van der Waals surface area (Å²) >= 11 is 1.70. The smallest absolute Gasteiger partial charge is 0.324 e. The number of rotatable bonds is 4. The first-order chi connectivity index (χ1) is 12.7. The minimum absolute atomic E-state index is 0.0431. The summed E-state index contributed by atoms with van der Waals surface area (Å²) in [5.74, 6) is 0.785. The van der Waals surface area contributed by atoms with Crippen molar-refractivity contribution in [3.63, 3.8) is 0 Å². The molecule has 1 N–H and O–H groups in total. The van der Waals surface area contributed by atoms with Gasteiger partial charge in [-0.25, -0.2) is 14.8 Å². The Morgan fingerprint density at radius 1 is 1.12 bits per heavy atom. The van der Waals surface area contributed by atoms with Crippen LogP contribution in [0.25, 0.3) is 0 Å². The third-order valence-electron chi connectivity index (χ3n) is 4.37. The van der Waals surface area contributed by atoms with Crippen LogP contribution in [0, 0.1) is 0 Å². The van der Waals surface area contributed by atoms with Crippen LogP contribution in [-0.4, -0.2) is 27.9 Å². The van der Waals surface area contributed by atoms with Crippen LogP contribution in [0.1, 0.15) is 16.1 Å². The second kappa shape index (κ2) is 7.13. The van der Waals surface area contributed by atoms with Crippen molar-refractivity contribution in [1.82, 2.24) is 14.9 Å². The van der Waals surface area contributed by atoms with Crippen LogP contribution >= 0.6 is 11.3 Å². The van der Waals surface area contributed by atoms with Crippen molar-refractivity contribution < 1.29 is 4.79 Å². The maximum atomic E-state index is 12.9. The molecule has 1 aromatic carbocycles. The number of amides is 2. The zero-order valence-electron chi connectivity index (χ0n) is 14.4. The lowest BCUT2D eigenvalue weighted by Gasteiger charge is -2.25. The lowest BCUT2D eigenvalue weighted by atomic mass is 10.2. The molecule has 0 fully saturated rings. The average Bonchev–Trinajstić information content (AvgIpc) is 3.15. The molecule has 26 heavy (non-hydrogen) atoms. The molecule has 0 saturated heterocycles. The maximum Gasteiger partial charge on any atom is 0.324 e. The van der Waals surface area contributed by atoms with Gasteiger partial charge in [0.1, 0.15) is 12.1 Å². The second-order valence-electron chi connectivity index (χ2n) is 6.14. The normalized spacial score (nSPS) is 14.1. The molecule has 4 rings (SSSR count). The molecule has 2 amide bonds. The summed E-state index contributed by atoms with van der Waals surface area (Å²) in [6.07, 6.45) is 1.56. The van der Waals surface area contributed by atoms with Crippen molar-refractivity contribution in [2.75, 3.05) is 17.3 Å². The quantitative estimate of drug-likeness (QED) is 0.765. The predicted octanol–water partition coefficient (Wildman–Crippen LogP) is 3.72. The van der Waals surface area contributed by atoms with Crippen LogP contribution in [0.4, 0.5) is 16.3 Å². The molecule has 3 aromatic rings. The van der Waals surface area contributed by atoms with Gasteiger partial charge in [-0.2, -0.15) is 0 Å². The molecule has 1 aliphatic rings. The van der Waals surface area contributed by atoms with E-state index in [1.54, 1.807) is 34.5 Å². The molecular formula is C19H19N5OS. The Kier molecular flexibility index (Phi) is 4.53. The van der Waals surface area contributed by atoms with E-state index in [1.807, 2.05) is 36.4 Å². The Hall–Kier alpha value is -2.93. The zero-order chi connectivity index (χ0) is 17.9. The van der Waals surface area contributed by atoms with Gasteiger partial charge in [-0.3, -0.25) is 4.90 Å². The van der Waals surface area contributed by atoms with Crippen molar-refractivity contribution in [3.05, 3.63) is 70.3 Å². The lowest BCUT2D eigenvalue weighted by Crippen LogP contribution is -2.38. The Balaban J connectivity index is 1.68. The largest absolute Gasteiger partial charge is 0.365 e. The number of nitrogens with zero attached hydrogens (tertiary/aromatic N) is 4. The van der Waals surface area contributed by atoms with Gasteiger partial charge in [0, 0.05) is 23.2 Å². The highest BCUT2D eigenvalue weighted by atomic mass is 32.1. The third kappa shape index (κ3) is 3.25.